The van der Waals surface area contributed by atoms with Gasteiger partial charge in [0.1, 0.15) is 0 Å². The molecule has 0 unspecified atom stereocenters. The molecule has 160 valence electrons. The fourth-order valence-corrected chi connectivity index (χ4v) is 4.25. The highest BCUT2D eigenvalue weighted by Gasteiger charge is 2.28. The fourth-order valence-electron chi connectivity index (χ4n) is 4.25. The Kier molecular flexibility index (Phi) is 4.90. The standard InChI is InChI=1S/C24H26N4O3/c1-4-20-17(3)25-24-27(19-8-5-16(2)6-9-19)13-26(14-28(24)23(20)29)12-18-7-10-21-22(11-18)31-15-30-21/h5-11H,4,12-15H2,1-3H3. The molecule has 0 radical (unpaired) electrons. The maximum atomic E-state index is 13.3. The summed E-state index contributed by atoms with van der Waals surface area (Å²) in [4.78, 5) is 22.5. The summed E-state index contributed by atoms with van der Waals surface area (Å²) in [6.07, 6.45) is 0.671. The van der Waals surface area contributed by atoms with Crippen LogP contribution in [0.15, 0.2) is 47.3 Å². The molecule has 3 aromatic rings. The van der Waals surface area contributed by atoms with Crippen LogP contribution in [-0.4, -0.2) is 27.9 Å². The molecule has 0 aliphatic carbocycles. The highest BCUT2D eigenvalue weighted by Crippen LogP contribution is 2.34. The van der Waals surface area contributed by atoms with Crippen molar-refractivity contribution in [2.24, 2.45) is 0 Å². The fraction of sp³-hybridized carbons (Fsp3) is 0.333. The average molecular weight is 418 g/mol. The molecule has 0 bridgehead atoms. The van der Waals surface area contributed by atoms with Crippen molar-refractivity contribution in [2.45, 2.75) is 40.4 Å². The Morgan fingerprint density at radius 1 is 1.00 bits per heavy atom. The molecule has 0 saturated carbocycles. The van der Waals surface area contributed by atoms with Crippen LogP contribution in [0.4, 0.5) is 11.6 Å². The number of hydrogen-bond acceptors (Lipinski definition) is 6. The SMILES string of the molecule is CCc1c(C)nc2n(c1=O)CN(Cc1ccc3c(c1)OCO3)CN2c1ccc(C)cc1. The van der Waals surface area contributed by atoms with E-state index >= 15 is 0 Å². The Morgan fingerprint density at radius 3 is 2.55 bits per heavy atom. The van der Waals surface area contributed by atoms with E-state index in [0.717, 1.165) is 34.0 Å². The average Bonchev–Trinajstić information content (AvgIpc) is 3.23. The van der Waals surface area contributed by atoms with Gasteiger partial charge in [0.05, 0.1) is 13.3 Å². The van der Waals surface area contributed by atoms with Crippen LogP contribution in [0.1, 0.15) is 29.3 Å². The molecule has 0 amide bonds. The number of ether oxygens (including phenoxy) is 2. The summed E-state index contributed by atoms with van der Waals surface area (Å²) < 4.78 is 12.8. The van der Waals surface area contributed by atoms with Gasteiger partial charge in [-0.2, -0.15) is 0 Å². The van der Waals surface area contributed by atoms with E-state index in [-0.39, 0.29) is 12.4 Å². The van der Waals surface area contributed by atoms with Gasteiger partial charge in [0.15, 0.2) is 11.5 Å². The summed E-state index contributed by atoms with van der Waals surface area (Å²) in [5.74, 6) is 2.25. The Hall–Kier alpha value is -3.32. The van der Waals surface area contributed by atoms with Crippen molar-refractivity contribution >= 4 is 11.6 Å². The first-order chi connectivity index (χ1) is 15.0. The van der Waals surface area contributed by atoms with Gasteiger partial charge in [-0.1, -0.05) is 30.7 Å². The smallest absolute Gasteiger partial charge is 0.259 e. The van der Waals surface area contributed by atoms with Crippen molar-refractivity contribution in [3.63, 3.8) is 0 Å². The lowest BCUT2D eigenvalue weighted by Gasteiger charge is -2.38. The second kappa shape index (κ2) is 7.74. The zero-order chi connectivity index (χ0) is 21.5. The van der Waals surface area contributed by atoms with Gasteiger partial charge in [-0.15, -0.1) is 0 Å². The van der Waals surface area contributed by atoms with Gasteiger partial charge in [0.25, 0.3) is 5.56 Å². The van der Waals surface area contributed by atoms with E-state index in [9.17, 15) is 4.79 Å². The maximum Gasteiger partial charge on any atom is 0.259 e. The lowest BCUT2D eigenvalue weighted by Crippen LogP contribution is -2.47. The van der Waals surface area contributed by atoms with Crippen molar-refractivity contribution in [2.75, 3.05) is 18.4 Å². The highest BCUT2D eigenvalue weighted by molar-refractivity contribution is 5.59. The lowest BCUT2D eigenvalue weighted by molar-refractivity contribution is 0.173. The number of anilines is 2. The summed E-state index contributed by atoms with van der Waals surface area (Å²) in [6.45, 7) is 8.06. The number of rotatable bonds is 4. The minimum atomic E-state index is 0.0394. The van der Waals surface area contributed by atoms with E-state index in [4.69, 9.17) is 14.5 Å². The van der Waals surface area contributed by atoms with Gasteiger partial charge in [-0.25, -0.2) is 4.98 Å². The second-order valence-corrected chi connectivity index (χ2v) is 8.13. The summed E-state index contributed by atoms with van der Waals surface area (Å²) in [7, 11) is 0. The van der Waals surface area contributed by atoms with E-state index in [2.05, 4.69) is 41.0 Å². The van der Waals surface area contributed by atoms with Crippen LogP contribution < -0.4 is 19.9 Å². The molecule has 0 atom stereocenters. The Labute approximate surface area is 181 Å². The molecular formula is C24H26N4O3. The zero-order valence-electron chi connectivity index (χ0n) is 18.1. The molecule has 0 saturated heterocycles. The predicted octanol–water partition coefficient (Wildman–Crippen LogP) is 3.72. The number of hydrogen-bond donors (Lipinski definition) is 0. The summed E-state index contributed by atoms with van der Waals surface area (Å²) in [5.41, 5.74) is 4.95. The van der Waals surface area contributed by atoms with E-state index in [1.54, 1.807) is 4.57 Å². The van der Waals surface area contributed by atoms with Crippen LogP contribution >= 0.6 is 0 Å². The van der Waals surface area contributed by atoms with Crippen molar-refractivity contribution < 1.29 is 9.47 Å². The third-order valence-electron chi connectivity index (χ3n) is 5.92. The van der Waals surface area contributed by atoms with Crippen molar-refractivity contribution in [1.29, 1.82) is 0 Å². The Bertz CT molecular complexity index is 1190. The first kappa shape index (κ1) is 19.6. The quantitative estimate of drug-likeness (QED) is 0.644. The minimum Gasteiger partial charge on any atom is -0.454 e. The van der Waals surface area contributed by atoms with Crippen molar-refractivity contribution in [1.82, 2.24) is 14.5 Å². The zero-order valence-corrected chi connectivity index (χ0v) is 18.1. The molecule has 5 rings (SSSR count). The second-order valence-electron chi connectivity index (χ2n) is 8.13. The Morgan fingerprint density at radius 2 is 1.77 bits per heavy atom. The summed E-state index contributed by atoms with van der Waals surface area (Å²) >= 11 is 0. The van der Waals surface area contributed by atoms with Gasteiger partial charge in [0.2, 0.25) is 12.7 Å². The first-order valence-electron chi connectivity index (χ1n) is 10.6. The Balaban J connectivity index is 1.54. The van der Waals surface area contributed by atoms with Crippen LogP contribution in [0.2, 0.25) is 0 Å². The number of nitrogens with zero attached hydrogens (tertiary/aromatic N) is 4. The number of benzene rings is 2. The summed E-state index contributed by atoms with van der Waals surface area (Å²) in [6, 6.07) is 14.3. The molecule has 1 aromatic heterocycles. The van der Waals surface area contributed by atoms with E-state index < -0.39 is 0 Å². The van der Waals surface area contributed by atoms with E-state index in [1.165, 1.54) is 5.56 Å². The molecule has 3 heterocycles. The van der Waals surface area contributed by atoms with Crippen LogP contribution in [0.25, 0.3) is 0 Å². The monoisotopic (exact) mass is 418 g/mol. The summed E-state index contributed by atoms with van der Waals surface area (Å²) in [5, 5.41) is 0. The van der Waals surface area contributed by atoms with Crippen LogP contribution in [0, 0.1) is 13.8 Å². The highest BCUT2D eigenvalue weighted by atomic mass is 16.7. The molecule has 2 aliphatic rings. The van der Waals surface area contributed by atoms with Gasteiger partial charge >= 0.3 is 0 Å². The molecule has 7 nitrogen and oxygen atoms in total. The third kappa shape index (κ3) is 3.55. The molecule has 2 aliphatic heterocycles. The van der Waals surface area contributed by atoms with E-state index in [0.29, 0.717) is 32.3 Å². The van der Waals surface area contributed by atoms with Crippen molar-refractivity contribution in [3.8, 4) is 11.5 Å². The van der Waals surface area contributed by atoms with Crippen LogP contribution in [-0.2, 0) is 19.6 Å². The number of aryl methyl sites for hydroxylation is 2. The largest absolute Gasteiger partial charge is 0.454 e. The van der Waals surface area contributed by atoms with Gasteiger partial charge in [-0.05, 0) is 50.1 Å². The minimum absolute atomic E-state index is 0.0394. The van der Waals surface area contributed by atoms with Gasteiger partial charge in [-0.3, -0.25) is 19.2 Å². The molecule has 0 fully saturated rings. The molecule has 7 heteroatoms. The molecule has 0 spiro atoms. The molecule has 31 heavy (non-hydrogen) atoms. The lowest BCUT2D eigenvalue weighted by atomic mass is 10.1. The van der Waals surface area contributed by atoms with Crippen LogP contribution in [0.3, 0.4) is 0 Å². The number of aromatic nitrogens is 2. The van der Waals surface area contributed by atoms with E-state index in [1.807, 2.05) is 32.0 Å². The molecule has 0 N–H and O–H groups in total. The van der Waals surface area contributed by atoms with Gasteiger partial charge < -0.3 is 9.47 Å². The first-order valence-corrected chi connectivity index (χ1v) is 10.6. The van der Waals surface area contributed by atoms with Crippen molar-refractivity contribution in [3.05, 3.63) is 75.2 Å². The number of fused-ring (bicyclic) bond motifs is 2. The van der Waals surface area contributed by atoms with Crippen LogP contribution in [0.5, 0.6) is 11.5 Å². The molecule has 2 aromatic carbocycles. The third-order valence-corrected chi connectivity index (χ3v) is 5.92. The normalized spacial score (nSPS) is 15.3. The topological polar surface area (TPSA) is 59.8 Å². The van der Waals surface area contributed by atoms with Gasteiger partial charge in [0, 0.05) is 23.5 Å². The predicted molar refractivity (Wildman–Crippen MR) is 119 cm³/mol. The molecular weight excluding hydrogens is 392 g/mol. The maximum absolute atomic E-state index is 13.3.